The number of nitrogens with two attached hydrogens (primary N) is 1. The molecule has 0 aliphatic carbocycles. The van der Waals surface area contributed by atoms with E-state index in [0.29, 0.717) is 16.7 Å². The average molecular weight is 511 g/mol. The van der Waals surface area contributed by atoms with E-state index >= 15 is 0 Å². The molecule has 0 unspecified atom stereocenters. The second-order valence-corrected chi connectivity index (χ2v) is 9.08. The molecule has 0 saturated heterocycles. The van der Waals surface area contributed by atoms with E-state index in [1.165, 1.54) is 36.4 Å². The molecule has 2 N–H and O–H groups in total. The molecule has 4 aromatic rings. The highest BCUT2D eigenvalue weighted by Crippen LogP contribution is 2.35. The third-order valence-corrected chi connectivity index (χ3v) is 6.07. The quantitative estimate of drug-likeness (QED) is 0.347. The molecule has 182 valence electrons. The van der Waals surface area contributed by atoms with Crippen molar-refractivity contribution >= 4 is 10.0 Å². The summed E-state index contributed by atoms with van der Waals surface area (Å²) >= 11 is 0. The Morgan fingerprint density at radius 1 is 0.686 bits per heavy atom. The van der Waals surface area contributed by atoms with Crippen LogP contribution in [-0.2, 0) is 22.4 Å². The zero-order valence-electron chi connectivity index (χ0n) is 17.5. The molecule has 4 rings (SSSR count). The summed E-state index contributed by atoms with van der Waals surface area (Å²) in [6.45, 7) is 0. The van der Waals surface area contributed by atoms with E-state index in [1.807, 2.05) is 0 Å². The molecule has 0 bridgehead atoms. The molecule has 0 saturated carbocycles. The lowest BCUT2D eigenvalue weighted by Crippen LogP contribution is -2.12. The van der Waals surface area contributed by atoms with Crippen LogP contribution in [0.5, 0.6) is 0 Å². The minimum Gasteiger partial charge on any atom is -0.233 e. The van der Waals surface area contributed by atoms with Gasteiger partial charge >= 0.3 is 12.4 Å². The second-order valence-electron chi connectivity index (χ2n) is 7.52. The Morgan fingerprint density at radius 2 is 1.17 bits per heavy atom. The standard InChI is InChI=1S/C23H15F6N3O2S/c24-22(25,26)17-7-5-15(6-8-17)14-1-3-16(4-2-14)20-13-21(23(27,28)29)31-32(20)18-9-11-19(12-10-18)35(30,33)34/h1-13H,(H2,30,33,34). The van der Waals surface area contributed by atoms with Gasteiger partial charge in [-0.3, -0.25) is 0 Å². The number of sulfonamides is 1. The number of primary sulfonamides is 1. The van der Waals surface area contributed by atoms with Crippen molar-refractivity contribution in [3.8, 4) is 28.1 Å². The van der Waals surface area contributed by atoms with E-state index in [4.69, 9.17) is 5.14 Å². The molecule has 0 amide bonds. The maximum atomic E-state index is 13.4. The normalized spacial score (nSPS) is 12.7. The summed E-state index contributed by atoms with van der Waals surface area (Å²) in [4.78, 5) is -0.216. The third-order valence-electron chi connectivity index (χ3n) is 5.14. The van der Waals surface area contributed by atoms with Crippen molar-refractivity contribution in [1.82, 2.24) is 9.78 Å². The average Bonchev–Trinajstić information content (AvgIpc) is 3.24. The molecule has 0 atom stereocenters. The van der Waals surface area contributed by atoms with Gasteiger partial charge in [-0.15, -0.1) is 0 Å². The Bertz CT molecular complexity index is 1460. The van der Waals surface area contributed by atoms with Crippen LogP contribution in [0, 0.1) is 0 Å². The molecule has 1 heterocycles. The molecule has 0 aliphatic heterocycles. The van der Waals surface area contributed by atoms with Crippen LogP contribution in [0.15, 0.2) is 83.8 Å². The Hall–Kier alpha value is -3.64. The van der Waals surface area contributed by atoms with Gasteiger partial charge in [0.05, 0.1) is 21.8 Å². The predicted molar refractivity (Wildman–Crippen MR) is 116 cm³/mol. The Balaban J connectivity index is 1.73. The summed E-state index contributed by atoms with van der Waals surface area (Å²) in [5, 5.41) is 8.70. The van der Waals surface area contributed by atoms with Crippen LogP contribution in [0.25, 0.3) is 28.1 Å². The molecule has 0 fully saturated rings. The van der Waals surface area contributed by atoms with E-state index in [1.54, 1.807) is 12.1 Å². The predicted octanol–water partition coefficient (Wildman–Crippen LogP) is 5.89. The van der Waals surface area contributed by atoms with Crippen molar-refractivity contribution in [2.75, 3.05) is 0 Å². The van der Waals surface area contributed by atoms with E-state index in [-0.39, 0.29) is 16.3 Å². The molecule has 35 heavy (non-hydrogen) atoms. The van der Waals surface area contributed by atoms with Crippen molar-refractivity contribution in [3.63, 3.8) is 0 Å². The van der Waals surface area contributed by atoms with Gasteiger partial charge < -0.3 is 0 Å². The first-order valence-electron chi connectivity index (χ1n) is 9.82. The van der Waals surface area contributed by atoms with E-state index in [0.717, 1.165) is 35.0 Å². The van der Waals surface area contributed by atoms with Crippen molar-refractivity contribution in [2.45, 2.75) is 17.2 Å². The summed E-state index contributed by atoms with van der Waals surface area (Å²) in [6.07, 6.45) is -9.20. The fourth-order valence-corrected chi connectivity index (χ4v) is 3.90. The van der Waals surface area contributed by atoms with Crippen molar-refractivity contribution in [1.29, 1.82) is 0 Å². The molecular weight excluding hydrogens is 496 g/mol. The maximum Gasteiger partial charge on any atom is 0.435 e. The molecule has 0 aliphatic rings. The number of halogens is 6. The van der Waals surface area contributed by atoms with Gasteiger partial charge in [0.15, 0.2) is 5.69 Å². The first-order chi connectivity index (χ1) is 16.2. The van der Waals surface area contributed by atoms with Crippen LogP contribution < -0.4 is 5.14 Å². The van der Waals surface area contributed by atoms with Crippen molar-refractivity contribution in [3.05, 3.63) is 90.1 Å². The van der Waals surface area contributed by atoms with Crippen LogP contribution in [0.1, 0.15) is 11.3 Å². The molecule has 5 nitrogen and oxygen atoms in total. The van der Waals surface area contributed by atoms with Gasteiger partial charge in [-0.05, 0) is 53.6 Å². The number of benzene rings is 3. The van der Waals surface area contributed by atoms with Crippen LogP contribution in [0.3, 0.4) is 0 Å². The van der Waals surface area contributed by atoms with Crippen LogP contribution in [-0.4, -0.2) is 18.2 Å². The number of hydrogen-bond donors (Lipinski definition) is 1. The number of aromatic nitrogens is 2. The number of alkyl halides is 6. The Morgan fingerprint density at radius 3 is 1.63 bits per heavy atom. The van der Waals surface area contributed by atoms with Crippen molar-refractivity contribution < 1.29 is 34.8 Å². The number of rotatable bonds is 4. The lowest BCUT2D eigenvalue weighted by molar-refractivity contribution is -0.141. The summed E-state index contributed by atoms with van der Waals surface area (Å²) in [5.74, 6) is 0. The topological polar surface area (TPSA) is 78.0 Å². The minimum absolute atomic E-state index is 0.0691. The van der Waals surface area contributed by atoms with Gasteiger partial charge in [-0.2, -0.15) is 31.4 Å². The fraction of sp³-hybridized carbons (Fsp3) is 0.0870. The van der Waals surface area contributed by atoms with Gasteiger partial charge in [0.2, 0.25) is 10.0 Å². The first-order valence-corrected chi connectivity index (χ1v) is 11.4. The molecule has 12 heteroatoms. The monoisotopic (exact) mass is 511 g/mol. The third kappa shape index (κ3) is 5.23. The highest BCUT2D eigenvalue weighted by molar-refractivity contribution is 7.89. The summed E-state index contributed by atoms with van der Waals surface area (Å²) in [5.41, 5.74) is -0.326. The lowest BCUT2D eigenvalue weighted by Gasteiger charge is -2.10. The number of nitrogens with zero attached hydrogens (tertiary/aromatic N) is 2. The van der Waals surface area contributed by atoms with Crippen molar-refractivity contribution in [2.24, 2.45) is 5.14 Å². The maximum absolute atomic E-state index is 13.4. The molecule has 0 spiro atoms. The van der Waals surface area contributed by atoms with E-state index < -0.39 is 33.6 Å². The second kappa shape index (κ2) is 8.54. The minimum atomic E-state index is -4.74. The fourth-order valence-electron chi connectivity index (χ4n) is 3.38. The van der Waals surface area contributed by atoms with E-state index in [2.05, 4.69) is 5.10 Å². The van der Waals surface area contributed by atoms with Gasteiger partial charge in [0.1, 0.15) is 0 Å². The highest BCUT2D eigenvalue weighted by Gasteiger charge is 2.35. The van der Waals surface area contributed by atoms with E-state index in [9.17, 15) is 34.8 Å². The zero-order valence-corrected chi connectivity index (χ0v) is 18.3. The smallest absolute Gasteiger partial charge is 0.233 e. The Labute approximate surface area is 195 Å². The number of hydrogen-bond acceptors (Lipinski definition) is 3. The SMILES string of the molecule is NS(=O)(=O)c1ccc(-n2nc(C(F)(F)F)cc2-c2ccc(-c3ccc(C(F)(F)F)cc3)cc2)cc1. The lowest BCUT2D eigenvalue weighted by atomic mass is 10.0. The molecule has 0 radical (unpaired) electrons. The highest BCUT2D eigenvalue weighted by atomic mass is 32.2. The van der Waals surface area contributed by atoms with Gasteiger partial charge in [0, 0.05) is 5.56 Å². The van der Waals surface area contributed by atoms with Crippen LogP contribution in [0.4, 0.5) is 26.3 Å². The van der Waals surface area contributed by atoms with Gasteiger partial charge in [0.25, 0.3) is 0 Å². The summed E-state index contributed by atoms with van der Waals surface area (Å²) in [7, 11) is -4.00. The summed E-state index contributed by atoms with van der Waals surface area (Å²) in [6, 6.07) is 16.3. The molecule has 3 aromatic carbocycles. The van der Waals surface area contributed by atoms with Crippen LogP contribution >= 0.6 is 0 Å². The Kier molecular flexibility index (Phi) is 5.97. The van der Waals surface area contributed by atoms with Gasteiger partial charge in [-0.1, -0.05) is 36.4 Å². The largest absolute Gasteiger partial charge is 0.435 e. The first kappa shape index (κ1) is 24.5. The molecular formula is C23H15F6N3O2S. The van der Waals surface area contributed by atoms with Gasteiger partial charge in [-0.25, -0.2) is 18.2 Å². The summed E-state index contributed by atoms with van der Waals surface area (Å²) < 4.78 is 102. The molecule has 1 aromatic heterocycles. The van der Waals surface area contributed by atoms with Crippen LogP contribution in [0.2, 0.25) is 0 Å². The zero-order chi connectivity index (χ0) is 25.6.